The van der Waals surface area contributed by atoms with Crippen molar-refractivity contribution < 1.29 is 8.42 Å². The van der Waals surface area contributed by atoms with E-state index < -0.39 is 10.0 Å². The van der Waals surface area contributed by atoms with Crippen LogP contribution in [0.25, 0.3) is 0 Å². The Kier molecular flexibility index (Phi) is 4.51. The fraction of sp³-hybridized carbons (Fsp3) is 0.500. The molecule has 0 spiro atoms. The van der Waals surface area contributed by atoms with E-state index in [0.717, 1.165) is 5.03 Å². The highest BCUT2D eigenvalue weighted by atomic mass is 32.2. The van der Waals surface area contributed by atoms with Gasteiger partial charge < -0.3 is 4.90 Å². The normalized spacial score (nSPS) is 11.4. The summed E-state index contributed by atoms with van der Waals surface area (Å²) in [6.07, 6.45) is 1.64. The molecular weight excluding hydrogens is 248 g/mol. The molecule has 0 fully saturated rings. The standard InChI is InChI=1S/C8H14N4O2S2/c1-12(2)8-10-4-3-7(11-8)15-5-6-16(9,13)14/h3-4H,5-6H2,1-2H3,(H2,9,13,14). The molecule has 1 aromatic heterocycles. The lowest BCUT2D eigenvalue weighted by Gasteiger charge is -2.10. The molecule has 0 amide bonds. The lowest BCUT2D eigenvalue weighted by Crippen LogP contribution is -2.18. The summed E-state index contributed by atoms with van der Waals surface area (Å²) in [6, 6.07) is 1.74. The van der Waals surface area contributed by atoms with Crippen molar-refractivity contribution in [2.75, 3.05) is 30.5 Å². The van der Waals surface area contributed by atoms with E-state index in [9.17, 15) is 8.42 Å². The molecular formula is C8H14N4O2S2. The van der Waals surface area contributed by atoms with Gasteiger partial charge in [-0.1, -0.05) is 0 Å². The maximum absolute atomic E-state index is 10.7. The summed E-state index contributed by atoms with van der Waals surface area (Å²) in [6.45, 7) is 0. The van der Waals surface area contributed by atoms with Crippen molar-refractivity contribution >= 4 is 27.7 Å². The third-order valence-electron chi connectivity index (χ3n) is 1.64. The number of hydrogen-bond acceptors (Lipinski definition) is 6. The number of sulfonamides is 1. The highest BCUT2D eigenvalue weighted by Crippen LogP contribution is 2.16. The van der Waals surface area contributed by atoms with Crippen LogP contribution in [-0.4, -0.2) is 44.0 Å². The predicted octanol–water partition coefficient (Wildman–Crippen LogP) is -0.0768. The molecule has 0 saturated carbocycles. The zero-order valence-electron chi connectivity index (χ0n) is 9.12. The Morgan fingerprint density at radius 3 is 2.75 bits per heavy atom. The van der Waals surface area contributed by atoms with E-state index in [0.29, 0.717) is 11.7 Å². The van der Waals surface area contributed by atoms with Gasteiger partial charge >= 0.3 is 0 Å². The summed E-state index contributed by atoms with van der Waals surface area (Å²) >= 11 is 1.34. The summed E-state index contributed by atoms with van der Waals surface area (Å²) in [5.74, 6) is 0.933. The molecule has 0 unspecified atom stereocenters. The van der Waals surface area contributed by atoms with Gasteiger partial charge in [-0.3, -0.25) is 0 Å². The van der Waals surface area contributed by atoms with Crippen LogP contribution >= 0.6 is 11.8 Å². The smallest absolute Gasteiger partial charge is 0.225 e. The van der Waals surface area contributed by atoms with Crippen molar-refractivity contribution in [3.63, 3.8) is 0 Å². The van der Waals surface area contributed by atoms with E-state index >= 15 is 0 Å². The Morgan fingerprint density at radius 2 is 2.19 bits per heavy atom. The van der Waals surface area contributed by atoms with Gasteiger partial charge in [-0.15, -0.1) is 11.8 Å². The van der Waals surface area contributed by atoms with E-state index in [2.05, 4.69) is 9.97 Å². The largest absolute Gasteiger partial charge is 0.347 e. The number of nitrogens with two attached hydrogens (primary N) is 1. The fourth-order valence-electron chi connectivity index (χ4n) is 0.891. The zero-order chi connectivity index (χ0) is 12.2. The average Bonchev–Trinajstić information content (AvgIpc) is 2.16. The van der Waals surface area contributed by atoms with Crippen molar-refractivity contribution in [3.8, 4) is 0 Å². The van der Waals surface area contributed by atoms with Gasteiger partial charge in [0.2, 0.25) is 16.0 Å². The van der Waals surface area contributed by atoms with E-state index in [1.165, 1.54) is 11.8 Å². The Bertz CT molecular complexity index is 447. The molecule has 0 aliphatic rings. The van der Waals surface area contributed by atoms with Crippen LogP contribution < -0.4 is 10.0 Å². The Labute approximate surface area is 99.3 Å². The van der Waals surface area contributed by atoms with Crippen molar-refractivity contribution in [2.45, 2.75) is 5.03 Å². The molecule has 16 heavy (non-hydrogen) atoms. The molecule has 0 aromatic carbocycles. The molecule has 1 heterocycles. The van der Waals surface area contributed by atoms with Crippen LogP contribution in [0.4, 0.5) is 5.95 Å². The minimum absolute atomic E-state index is 0.0566. The van der Waals surface area contributed by atoms with Crippen LogP contribution in [0, 0.1) is 0 Å². The second-order valence-electron chi connectivity index (χ2n) is 3.30. The molecule has 6 nitrogen and oxygen atoms in total. The molecule has 2 N–H and O–H groups in total. The first-order valence-corrected chi connectivity index (χ1v) is 7.22. The van der Waals surface area contributed by atoms with E-state index in [1.54, 1.807) is 17.2 Å². The average molecular weight is 262 g/mol. The Morgan fingerprint density at radius 1 is 1.50 bits per heavy atom. The van der Waals surface area contributed by atoms with Gasteiger partial charge in [0.15, 0.2) is 0 Å². The number of hydrogen-bond donors (Lipinski definition) is 1. The highest BCUT2D eigenvalue weighted by Gasteiger charge is 2.05. The quantitative estimate of drug-likeness (QED) is 0.590. The van der Waals surface area contributed by atoms with Crippen molar-refractivity contribution in [2.24, 2.45) is 5.14 Å². The van der Waals surface area contributed by atoms with E-state index in [4.69, 9.17) is 5.14 Å². The first kappa shape index (κ1) is 13.2. The molecule has 1 aromatic rings. The monoisotopic (exact) mass is 262 g/mol. The third-order valence-corrected chi connectivity index (χ3v) is 3.60. The minimum Gasteiger partial charge on any atom is -0.347 e. The molecule has 0 aliphatic carbocycles. The SMILES string of the molecule is CN(C)c1nccc(SCCS(N)(=O)=O)n1. The molecule has 0 aliphatic heterocycles. The van der Waals surface area contributed by atoms with Crippen LogP contribution in [0.15, 0.2) is 17.3 Å². The maximum Gasteiger partial charge on any atom is 0.225 e. The highest BCUT2D eigenvalue weighted by molar-refractivity contribution is 8.00. The molecule has 90 valence electrons. The van der Waals surface area contributed by atoms with Crippen molar-refractivity contribution in [1.82, 2.24) is 9.97 Å². The number of anilines is 1. The number of rotatable bonds is 5. The first-order chi connectivity index (χ1) is 7.38. The maximum atomic E-state index is 10.7. The molecule has 0 atom stereocenters. The van der Waals surface area contributed by atoms with Gasteiger partial charge in [0.25, 0.3) is 0 Å². The number of nitrogens with zero attached hydrogens (tertiary/aromatic N) is 3. The second kappa shape index (κ2) is 5.46. The molecule has 8 heteroatoms. The third kappa shape index (κ3) is 4.77. The van der Waals surface area contributed by atoms with Crippen LogP contribution in [0.5, 0.6) is 0 Å². The van der Waals surface area contributed by atoms with Crippen LogP contribution in [0.3, 0.4) is 0 Å². The first-order valence-electron chi connectivity index (χ1n) is 4.52. The second-order valence-corrected chi connectivity index (χ2v) is 6.15. The van der Waals surface area contributed by atoms with E-state index in [1.807, 2.05) is 14.1 Å². The summed E-state index contributed by atoms with van der Waals surface area (Å²) in [4.78, 5) is 10.1. The number of aromatic nitrogens is 2. The van der Waals surface area contributed by atoms with Gasteiger partial charge in [-0.05, 0) is 6.07 Å². The fourth-order valence-corrected chi connectivity index (χ4v) is 2.67. The zero-order valence-corrected chi connectivity index (χ0v) is 10.8. The summed E-state index contributed by atoms with van der Waals surface area (Å²) in [5.41, 5.74) is 0. The van der Waals surface area contributed by atoms with Crippen molar-refractivity contribution in [3.05, 3.63) is 12.3 Å². The van der Waals surface area contributed by atoms with Gasteiger partial charge in [0.05, 0.1) is 5.75 Å². The van der Waals surface area contributed by atoms with E-state index in [-0.39, 0.29) is 5.75 Å². The number of thioether (sulfide) groups is 1. The molecule has 0 saturated heterocycles. The topological polar surface area (TPSA) is 89.2 Å². The predicted molar refractivity (Wildman–Crippen MR) is 65.1 cm³/mol. The molecule has 1 rings (SSSR count). The van der Waals surface area contributed by atoms with Crippen LogP contribution in [0.1, 0.15) is 0 Å². The summed E-state index contributed by atoms with van der Waals surface area (Å²) in [5, 5.41) is 5.63. The van der Waals surface area contributed by atoms with Crippen LogP contribution in [-0.2, 0) is 10.0 Å². The number of primary sulfonamides is 1. The lowest BCUT2D eigenvalue weighted by atomic mass is 10.6. The molecule has 0 bridgehead atoms. The van der Waals surface area contributed by atoms with Gasteiger partial charge in [-0.2, -0.15) is 0 Å². The van der Waals surface area contributed by atoms with Crippen molar-refractivity contribution in [1.29, 1.82) is 0 Å². The van der Waals surface area contributed by atoms with Crippen LogP contribution in [0.2, 0.25) is 0 Å². The Hall–Kier alpha value is -0.860. The minimum atomic E-state index is -3.40. The van der Waals surface area contributed by atoms with Gasteiger partial charge in [0.1, 0.15) is 5.03 Å². The lowest BCUT2D eigenvalue weighted by molar-refractivity contribution is 0.599. The summed E-state index contributed by atoms with van der Waals surface area (Å²) < 4.78 is 21.4. The van der Waals surface area contributed by atoms with Gasteiger partial charge in [0, 0.05) is 26.0 Å². The molecule has 0 radical (unpaired) electrons. The Balaban J connectivity index is 2.58. The summed E-state index contributed by atoms with van der Waals surface area (Å²) in [7, 11) is 0.287. The van der Waals surface area contributed by atoms with Gasteiger partial charge in [-0.25, -0.2) is 23.5 Å².